The van der Waals surface area contributed by atoms with Crippen molar-refractivity contribution in [2.45, 2.75) is 0 Å². The van der Waals surface area contributed by atoms with Crippen molar-refractivity contribution in [1.29, 1.82) is 5.26 Å². The highest BCUT2D eigenvalue weighted by Gasteiger charge is 2.25. The van der Waals surface area contributed by atoms with Gasteiger partial charge >= 0.3 is 7.69 Å². The summed E-state index contributed by atoms with van der Waals surface area (Å²) in [5, 5.41) is 10.2. The molecule has 0 bridgehead atoms. The number of halogens is 1. The number of rotatable bonds is 6. The summed E-state index contributed by atoms with van der Waals surface area (Å²) in [5.74, 6) is 0. The Morgan fingerprint density at radius 1 is 0.771 bits per heavy atom. The third-order valence-electron chi connectivity index (χ3n) is 5.96. The molecule has 0 aliphatic carbocycles. The van der Waals surface area contributed by atoms with Gasteiger partial charge in [-0.15, -0.1) is 0 Å². The fourth-order valence-electron chi connectivity index (χ4n) is 4.35. The number of nitrogens with zero attached hydrogens (tertiary/aromatic N) is 2. The van der Waals surface area contributed by atoms with E-state index in [1.807, 2.05) is 115 Å². The fraction of sp³-hybridized carbons (Fsp3) is 0. The van der Waals surface area contributed by atoms with Crippen LogP contribution >= 0.6 is 0 Å². The zero-order chi connectivity index (χ0) is 24.0. The van der Waals surface area contributed by atoms with E-state index in [0.717, 1.165) is 44.8 Å². The van der Waals surface area contributed by atoms with Crippen LogP contribution in [0, 0.1) is 11.3 Å². The van der Waals surface area contributed by atoms with Crippen LogP contribution in [0.25, 0.3) is 16.7 Å². The lowest BCUT2D eigenvalue weighted by molar-refractivity contribution is -0.312. The predicted molar refractivity (Wildman–Crippen MR) is 140 cm³/mol. The molecule has 35 heavy (non-hydrogen) atoms. The van der Waals surface area contributed by atoms with Gasteiger partial charge in [-0.1, -0.05) is 84.9 Å². The molecule has 5 heteroatoms. The second-order valence-electron chi connectivity index (χ2n) is 8.03. The van der Waals surface area contributed by atoms with Crippen LogP contribution in [-0.2, 0) is 0 Å². The third-order valence-corrected chi connectivity index (χ3v) is 5.96. The lowest BCUT2D eigenvalue weighted by atomic mass is 9.89. The summed E-state index contributed by atoms with van der Waals surface area (Å²) in [7, 11) is 0.557. The Labute approximate surface area is 204 Å². The molecule has 0 spiro atoms. The van der Waals surface area contributed by atoms with E-state index >= 15 is 0 Å². The first-order chi connectivity index (χ1) is 17.3. The molecular formula is C30H21BFN3+. The van der Waals surface area contributed by atoms with Crippen LogP contribution in [0.5, 0.6) is 0 Å². The Morgan fingerprint density at radius 3 is 2.00 bits per heavy atom. The summed E-state index contributed by atoms with van der Waals surface area (Å²) < 4.78 is 15.0. The van der Waals surface area contributed by atoms with E-state index in [4.69, 9.17) is 0 Å². The molecule has 1 aromatic heterocycles. The number of hydrogen-bond donors (Lipinski definition) is 1. The number of aromatic amines is 1. The van der Waals surface area contributed by atoms with Gasteiger partial charge in [-0.3, -0.25) is 4.49 Å². The summed E-state index contributed by atoms with van der Waals surface area (Å²) in [5.41, 5.74) is 7.69. The zero-order valence-electron chi connectivity index (χ0n) is 18.9. The highest BCUT2D eigenvalue weighted by molar-refractivity contribution is 6.17. The van der Waals surface area contributed by atoms with Gasteiger partial charge in [0.05, 0.1) is 16.8 Å². The summed E-state index contributed by atoms with van der Waals surface area (Å²) >= 11 is 0. The molecule has 3 aromatic carbocycles. The van der Waals surface area contributed by atoms with E-state index in [0.29, 0.717) is 13.3 Å². The number of allylic oxidation sites excluding steroid dienone is 3. The Kier molecular flexibility index (Phi) is 6.36. The number of hydrogen-bond acceptors (Lipinski definition) is 1. The van der Waals surface area contributed by atoms with Crippen LogP contribution in [0.1, 0.15) is 27.9 Å². The normalized spacial score (nSPS) is 14.7. The molecule has 4 aromatic rings. The number of nitrogens with one attached hydrogen (secondary N) is 1. The average molecular weight is 453 g/mol. The quantitative estimate of drug-likeness (QED) is 0.205. The maximum Gasteiger partial charge on any atom is 0.792 e. The van der Waals surface area contributed by atoms with Crippen molar-refractivity contribution in [3.05, 3.63) is 149 Å². The molecule has 165 valence electrons. The van der Waals surface area contributed by atoms with Crippen molar-refractivity contribution in [2.24, 2.45) is 0 Å². The fourth-order valence-corrected chi connectivity index (χ4v) is 4.35. The average Bonchev–Trinajstić information content (AvgIpc) is 3.62. The van der Waals surface area contributed by atoms with Crippen LogP contribution in [0.2, 0.25) is 0 Å². The molecule has 2 heterocycles. The molecule has 1 radical (unpaired) electrons. The third kappa shape index (κ3) is 4.42. The molecule has 3 nitrogen and oxygen atoms in total. The van der Waals surface area contributed by atoms with Gasteiger partial charge in [0.15, 0.2) is 5.70 Å². The van der Waals surface area contributed by atoms with Gasteiger partial charge in [-0.25, -0.2) is 4.32 Å². The monoisotopic (exact) mass is 453 g/mol. The van der Waals surface area contributed by atoms with Crippen LogP contribution in [0.4, 0.5) is 4.32 Å². The van der Waals surface area contributed by atoms with E-state index in [9.17, 15) is 9.58 Å². The molecule has 0 saturated heterocycles. The van der Waals surface area contributed by atoms with E-state index < -0.39 is 0 Å². The van der Waals surface area contributed by atoms with Crippen molar-refractivity contribution >= 4 is 30.6 Å². The zero-order valence-corrected chi connectivity index (χ0v) is 18.9. The van der Waals surface area contributed by atoms with Crippen LogP contribution < -0.4 is 0 Å². The largest absolute Gasteiger partial charge is 0.792 e. The molecule has 0 fully saturated rings. The van der Waals surface area contributed by atoms with Gasteiger partial charge < -0.3 is 4.98 Å². The minimum atomic E-state index is 0.557. The Balaban J connectivity index is 1.67. The number of aromatic nitrogens is 1. The molecule has 0 saturated carbocycles. The van der Waals surface area contributed by atoms with Crippen molar-refractivity contribution < 1.29 is 8.80 Å². The van der Waals surface area contributed by atoms with Crippen LogP contribution in [0.15, 0.2) is 121 Å². The van der Waals surface area contributed by atoms with Gasteiger partial charge in [-0.05, 0) is 34.4 Å². The number of nitriles is 1. The molecule has 0 atom stereocenters. The number of H-pyrrole nitrogens is 1. The summed E-state index contributed by atoms with van der Waals surface area (Å²) in [4.78, 5) is 3.25. The minimum Gasteiger partial charge on any atom is -0.361 e. The van der Waals surface area contributed by atoms with Crippen molar-refractivity contribution in [2.75, 3.05) is 0 Å². The molecular weight excluding hydrogens is 432 g/mol. The lowest BCUT2D eigenvalue weighted by Gasteiger charge is -2.14. The molecule has 0 unspecified atom stereocenters. The molecule has 1 aliphatic heterocycles. The van der Waals surface area contributed by atoms with Crippen LogP contribution in [0.3, 0.4) is 0 Å². The molecule has 1 N–H and O–H groups in total. The van der Waals surface area contributed by atoms with Gasteiger partial charge in [0.25, 0.3) is 0 Å². The Bertz CT molecular complexity index is 1490. The van der Waals surface area contributed by atoms with Gasteiger partial charge in [0, 0.05) is 23.9 Å². The summed E-state index contributed by atoms with van der Waals surface area (Å²) in [6.07, 6.45) is 7.24. The van der Waals surface area contributed by atoms with E-state index in [1.54, 1.807) is 6.21 Å². The van der Waals surface area contributed by atoms with Gasteiger partial charge in [-0.2, -0.15) is 5.26 Å². The van der Waals surface area contributed by atoms with Gasteiger partial charge in [0.2, 0.25) is 0 Å². The maximum absolute atomic E-state index is 13.6. The number of benzene rings is 3. The first kappa shape index (κ1) is 22.1. The summed E-state index contributed by atoms with van der Waals surface area (Å²) in [6, 6.07) is 34.1. The SMILES string of the molecule is N#C/C(=C(/c1ccccc1)c1ccc(/C(=C2\C=CC=[N+]2[B]F)c2ccc[nH]2)cc1)c1ccccc1. The van der Waals surface area contributed by atoms with Crippen LogP contribution in [-0.4, -0.2) is 23.4 Å². The lowest BCUT2D eigenvalue weighted by Crippen LogP contribution is -2.11. The Hall–Kier alpha value is -4.69. The van der Waals surface area contributed by atoms with Gasteiger partial charge in [0.1, 0.15) is 12.3 Å². The van der Waals surface area contributed by atoms with E-state index in [1.165, 1.54) is 4.49 Å². The molecule has 5 rings (SSSR count). The van der Waals surface area contributed by atoms with E-state index in [2.05, 4.69) is 11.1 Å². The minimum absolute atomic E-state index is 0.557. The Morgan fingerprint density at radius 2 is 1.40 bits per heavy atom. The van der Waals surface area contributed by atoms with E-state index in [-0.39, 0.29) is 0 Å². The molecule has 1 aliphatic rings. The topological polar surface area (TPSA) is 42.6 Å². The first-order valence-corrected chi connectivity index (χ1v) is 11.3. The van der Waals surface area contributed by atoms with Crippen molar-refractivity contribution in [3.8, 4) is 6.07 Å². The maximum atomic E-state index is 13.6. The highest BCUT2D eigenvalue weighted by atomic mass is 19.1. The highest BCUT2D eigenvalue weighted by Crippen LogP contribution is 2.34. The standard InChI is InChI=1S/C30H21BFN3/c32-31-35-20-8-14-28(35)30(27-13-7-19-34-27)25-17-15-24(16-18-25)29(23-11-5-2-6-12-23)26(21-33)22-9-3-1-4-10-22/h1-20,34H/q+1/b29-26+. The predicted octanol–water partition coefficient (Wildman–Crippen LogP) is 6.41. The first-order valence-electron chi connectivity index (χ1n) is 11.3. The second-order valence-corrected chi connectivity index (χ2v) is 8.03. The van der Waals surface area contributed by atoms with Crippen molar-refractivity contribution in [1.82, 2.24) is 4.98 Å². The molecule has 0 amide bonds. The van der Waals surface area contributed by atoms with Crippen molar-refractivity contribution in [3.63, 3.8) is 0 Å². The second kappa shape index (κ2) is 10.1. The smallest absolute Gasteiger partial charge is 0.361 e. The summed E-state index contributed by atoms with van der Waals surface area (Å²) in [6.45, 7) is 0.